The molecule has 3 aromatic rings. The van der Waals surface area contributed by atoms with Crippen LogP contribution in [0.25, 0.3) is 6.08 Å². The summed E-state index contributed by atoms with van der Waals surface area (Å²) < 4.78 is 18.9. The molecule has 0 spiro atoms. The predicted molar refractivity (Wildman–Crippen MR) is 111 cm³/mol. The number of nitrogens with zero attached hydrogens (tertiary/aromatic N) is 1. The smallest absolute Gasteiger partial charge is 0.266 e. The predicted octanol–water partition coefficient (Wildman–Crippen LogP) is 5.26. The first-order valence-electron chi connectivity index (χ1n) is 9.01. The fourth-order valence-corrected chi connectivity index (χ4v) is 2.73. The molecule has 0 aromatic heterocycles. The largest absolute Gasteiger partial charge is 0.488 e. The molecular formula is C24H19FN2O2. The van der Waals surface area contributed by atoms with Crippen LogP contribution in [0.5, 0.6) is 5.75 Å². The summed E-state index contributed by atoms with van der Waals surface area (Å²) in [7, 11) is 0. The zero-order chi connectivity index (χ0) is 20.6. The molecule has 0 aliphatic rings. The van der Waals surface area contributed by atoms with Crippen molar-refractivity contribution in [2.45, 2.75) is 13.5 Å². The summed E-state index contributed by atoms with van der Waals surface area (Å²) in [6, 6.07) is 22.4. The van der Waals surface area contributed by atoms with Gasteiger partial charge in [-0.3, -0.25) is 4.79 Å². The van der Waals surface area contributed by atoms with Crippen LogP contribution in [0.1, 0.15) is 16.7 Å². The molecule has 0 saturated heterocycles. The molecule has 29 heavy (non-hydrogen) atoms. The Morgan fingerprint density at radius 1 is 1.10 bits per heavy atom. The highest BCUT2D eigenvalue weighted by Crippen LogP contribution is 2.23. The standard InChI is InChI=1S/C24H19FN2O2/c1-17-5-4-6-18(13-17)16-29-23-8-3-2-7-19(23)14-20(15-26)24(28)27-22-11-9-21(25)10-12-22/h2-14H,16H2,1H3,(H,27,28)/b20-14+. The number of amides is 1. The number of nitriles is 1. The van der Waals surface area contributed by atoms with Crippen molar-refractivity contribution in [3.05, 3.63) is 101 Å². The molecule has 0 fully saturated rings. The van der Waals surface area contributed by atoms with Crippen LogP contribution in [0.4, 0.5) is 10.1 Å². The van der Waals surface area contributed by atoms with Crippen molar-refractivity contribution in [1.82, 2.24) is 0 Å². The first-order valence-corrected chi connectivity index (χ1v) is 9.01. The number of rotatable bonds is 6. The molecule has 0 aliphatic heterocycles. The monoisotopic (exact) mass is 386 g/mol. The highest BCUT2D eigenvalue weighted by atomic mass is 19.1. The molecule has 3 rings (SSSR count). The number of benzene rings is 3. The van der Waals surface area contributed by atoms with E-state index in [-0.39, 0.29) is 5.57 Å². The Labute approximate surface area is 168 Å². The first kappa shape index (κ1) is 19.8. The van der Waals surface area contributed by atoms with Gasteiger partial charge < -0.3 is 10.1 Å². The van der Waals surface area contributed by atoms with Gasteiger partial charge in [0.1, 0.15) is 29.8 Å². The Morgan fingerprint density at radius 2 is 1.86 bits per heavy atom. The van der Waals surface area contributed by atoms with E-state index < -0.39 is 11.7 Å². The number of carbonyl (C=O) groups is 1. The summed E-state index contributed by atoms with van der Waals surface area (Å²) in [4.78, 5) is 12.4. The van der Waals surface area contributed by atoms with Gasteiger partial charge in [-0.15, -0.1) is 0 Å². The van der Waals surface area contributed by atoms with E-state index in [1.807, 2.05) is 43.3 Å². The molecule has 0 unspecified atom stereocenters. The van der Waals surface area contributed by atoms with Gasteiger partial charge in [0.05, 0.1) is 0 Å². The van der Waals surface area contributed by atoms with Gasteiger partial charge in [-0.2, -0.15) is 5.26 Å². The second-order valence-corrected chi connectivity index (χ2v) is 6.45. The number of hydrogen-bond acceptors (Lipinski definition) is 3. The third kappa shape index (κ3) is 5.53. The van der Waals surface area contributed by atoms with E-state index in [4.69, 9.17) is 4.74 Å². The third-order valence-corrected chi connectivity index (χ3v) is 4.16. The molecule has 0 saturated carbocycles. The molecule has 144 valence electrons. The quantitative estimate of drug-likeness (QED) is 0.464. The Hall–Kier alpha value is -3.91. The summed E-state index contributed by atoms with van der Waals surface area (Å²) >= 11 is 0. The van der Waals surface area contributed by atoms with Crippen molar-refractivity contribution in [2.75, 3.05) is 5.32 Å². The minimum Gasteiger partial charge on any atom is -0.488 e. The fraction of sp³-hybridized carbons (Fsp3) is 0.0833. The molecule has 3 aromatic carbocycles. The molecular weight excluding hydrogens is 367 g/mol. The lowest BCUT2D eigenvalue weighted by atomic mass is 10.1. The SMILES string of the molecule is Cc1cccc(COc2ccccc2/C=C(\C#N)C(=O)Nc2ccc(F)cc2)c1. The summed E-state index contributed by atoms with van der Waals surface area (Å²) in [5.41, 5.74) is 3.11. The normalized spacial score (nSPS) is 10.9. The maximum atomic E-state index is 13.0. The second-order valence-electron chi connectivity index (χ2n) is 6.45. The average molecular weight is 386 g/mol. The van der Waals surface area contributed by atoms with Crippen LogP contribution < -0.4 is 10.1 Å². The summed E-state index contributed by atoms with van der Waals surface area (Å²) in [5.74, 6) is -0.414. The van der Waals surface area contributed by atoms with E-state index >= 15 is 0 Å². The molecule has 1 amide bonds. The highest BCUT2D eigenvalue weighted by molar-refractivity contribution is 6.09. The van der Waals surface area contributed by atoms with Gasteiger partial charge in [0.2, 0.25) is 0 Å². The van der Waals surface area contributed by atoms with Gasteiger partial charge in [0, 0.05) is 11.3 Å². The van der Waals surface area contributed by atoms with Crippen molar-refractivity contribution < 1.29 is 13.9 Å². The Bertz CT molecular complexity index is 1080. The lowest BCUT2D eigenvalue weighted by molar-refractivity contribution is -0.112. The maximum Gasteiger partial charge on any atom is 0.266 e. The molecule has 0 heterocycles. The zero-order valence-corrected chi connectivity index (χ0v) is 15.9. The number of nitrogens with one attached hydrogen (secondary N) is 1. The maximum absolute atomic E-state index is 13.0. The van der Waals surface area contributed by atoms with Gasteiger partial charge in [0.25, 0.3) is 5.91 Å². The highest BCUT2D eigenvalue weighted by Gasteiger charge is 2.11. The molecule has 0 atom stereocenters. The van der Waals surface area contributed by atoms with Crippen LogP contribution in [0, 0.1) is 24.1 Å². The van der Waals surface area contributed by atoms with E-state index in [0.29, 0.717) is 23.6 Å². The number of anilines is 1. The van der Waals surface area contributed by atoms with Gasteiger partial charge in [-0.25, -0.2) is 4.39 Å². The van der Waals surface area contributed by atoms with Crippen molar-refractivity contribution in [3.8, 4) is 11.8 Å². The Morgan fingerprint density at radius 3 is 2.59 bits per heavy atom. The van der Waals surface area contributed by atoms with Gasteiger partial charge in [-0.05, 0) is 48.9 Å². The second kappa shape index (κ2) is 9.34. The number of para-hydroxylation sites is 1. The first-order chi connectivity index (χ1) is 14.0. The van der Waals surface area contributed by atoms with E-state index in [9.17, 15) is 14.4 Å². The lowest BCUT2D eigenvalue weighted by Crippen LogP contribution is -2.13. The number of hydrogen-bond donors (Lipinski definition) is 1. The Balaban J connectivity index is 1.77. The fourth-order valence-electron chi connectivity index (χ4n) is 2.73. The molecule has 0 aliphatic carbocycles. The van der Waals surface area contributed by atoms with Crippen LogP contribution in [-0.4, -0.2) is 5.91 Å². The van der Waals surface area contributed by atoms with Crippen LogP contribution in [0.3, 0.4) is 0 Å². The van der Waals surface area contributed by atoms with Crippen LogP contribution in [0.2, 0.25) is 0 Å². The number of carbonyl (C=O) groups excluding carboxylic acids is 1. The number of aryl methyl sites for hydroxylation is 1. The number of ether oxygens (including phenoxy) is 1. The summed E-state index contributed by atoms with van der Waals surface area (Å²) in [5, 5.41) is 12.0. The van der Waals surface area contributed by atoms with Crippen LogP contribution in [-0.2, 0) is 11.4 Å². The molecule has 5 heteroatoms. The number of halogens is 1. The van der Waals surface area contributed by atoms with Crippen molar-refractivity contribution in [1.29, 1.82) is 5.26 Å². The summed E-state index contributed by atoms with van der Waals surface area (Å²) in [6.07, 6.45) is 1.48. The molecule has 1 N–H and O–H groups in total. The minimum absolute atomic E-state index is 0.0825. The molecule has 0 bridgehead atoms. The zero-order valence-electron chi connectivity index (χ0n) is 15.9. The van der Waals surface area contributed by atoms with E-state index in [1.54, 1.807) is 18.2 Å². The average Bonchev–Trinajstić information content (AvgIpc) is 2.73. The third-order valence-electron chi connectivity index (χ3n) is 4.16. The van der Waals surface area contributed by atoms with Crippen LogP contribution >= 0.6 is 0 Å². The van der Waals surface area contributed by atoms with E-state index in [1.165, 1.54) is 30.3 Å². The van der Waals surface area contributed by atoms with Crippen molar-refractivity contribution >= 4 is 17.7 Å². The Kier molecular flexibility index (Phi) is 6.39. The molecule has 0 radical (unpaired) electrons. The minimum atomic E-state index is -0.576. The van der Waals surface area contributed by atoms with Gasteiger partial charge >= 0.3 is 0 Å². The van der Waals surface area contributed by atoms with Crippen LogP contribution in [0.15, 0.2) is 78.4 Å². The van der Waals surface area contributed by atoms with Crippen molar-refractivity contribution in [3.63, 3.8) is 0 Å². The summed E-state index contributed by atoms with van der Waals surface area (Å²) in [6.45, 7) is 2.38. The molecule has 4 nitrogen and oxygen atoms in total. The van der Waals surface area contributed by atoms with Crippen molar-refractivity contribution in [2.24, 2.45) is 0 Å². The lowest BCUT2D eigenvalue weighted by Gasteiger charge is -2.10. The topological polar surface area (TPSA) is 62.1 Å². The van der Waals surface area contributed by atoms with E-state index in [0.717, 1.165) is 11.1 Å². The van der Waals surface area contributed by atoms with Gasteiger partial charge in [-0.1, -0.05) is 48.0 Å². The van der Waals surface area contributed by atoms with Gasteiger partial charge in [0.15, 0.2) is 0 Å². The van der Waals surface area contributed by atoms with E-state index in [2.05, 4.69) is 5.32 Å².